The number of hydrogen-bond acceptors (Lipinski definition) is 4. The van der Waals surface area contributed by atoms with Gasteiger partial charge in [-0.2, -0.15) is 0 Å². The summed E-state index contributed by atoms with van der Waals surface area (Å²) in [5.41, 5.74) is 0.474. The Morgan fingerprint density at radius 3 is 2.60 bits per heavy atom. The summed E-state index contributed by atoms with van der Waals surface area (Å²) in [6.07, 6.45) is 0. The highest BCUT2D eigenvalue weighted by atomic mass is 35.5. The van der Waals surface area contributed by atoms with Gasteiger partial charge in [-0.1, -0.05) is 48.4 Å². The fraction of sp³-hybridized carbons (Fsp3) is 0.250. The number of urea groups is 1. The predicted molar refractivity (Wildman–Crippen MR) is 83.1 cm³/mol. The van der Waals surface area contributed by atoms with Gasteiger partial charge in [0.15, 0.2) is 0 Å². The number of aromatic nitrogens is 2. The van der Waals surface area contributed by atoms with E-state index in [9.17, 15) is 4.79 Å². The lowest BCUT2D eigenvalue weighted by Crippen LogP contribution is -2.19. The van der Waals surface area contributed by atoms with Crippen LogP contribution in [-0.4, -0.2) is 16.2 Å². The van der Waals surface area contributed by atoms with Crippen LogP contribution >= 0.6 is 34.5 Å². The molecule has 0 aliphatic carbocycles. The molecule has 0 spiro atoms. The van der Waals surface area contributed by atoms with Crippen LogP contribution < -0.4 is 10.6 Å². The summed E-state index contributed by atoms with van der Waals surface area (Å²) in [6.45, 7) is 4.02. The average molecular weight is 331 g/mol. The molecule has 20 heavy (non-hydrogen) atoms. The maximum absolute atomic E-state index is 11.8. The maximum atomic E-state index is 11.8. The summed E-state index contributed by atoms with van der Waals surface area (Å²) < 4.78 is 0. The number of hydrogen-bond donors (Lipinski definition) is 2. The van der Waals surface area contributed by atoms with Crippen LogP contribution in [0.5, 0.6) is 0 Å². The summed E-state index contributed by atoms with van der Waals surface area (Å²) in [4.78, 5) is 11.8. The summed E-state index contributed by atoms with van der Waals surface area (Å²) in [5.74, 6) is 0.275. The van der Waals surface area contributed by atoms with Gasteiger partial charge in [0.25, 0.3) is 0 Å². The zero-order valence-corrected chi connectivity index (χ0v) is 13.1. The lowest BCUT2D eigenvalue weighted by Gasteiger charge is -2.07. The van der Waals surface area contributed by atoms with Crippen LogP contribution in [0.15, 0.2) is 18.2 Å². The monoisotopic (exact) mass is 330 g/mol. The number of amides is 2. The second kappa shape index (κ2) is 6.39. The van der Waals surface area contributed by atoms with E-state index in [4.69, 9.17) is 23.2 Å². The summed E-state index contributed by atoms with van der Waals surface area (Å²) >= 11 is 13.1. The molecule has 1 aromatic heterocycles. The van der Waals surface area contributed by atoms with Crippen molar-refractivity contribution in [1.29, 1.82) is 0 Å². The third-order valence-corrected chi connectivity index (χ3v) is 4.02. The molecule has 1 heterocycles. The smallest absolute Gasteiger partial charge is 0.306 e. The highest BCUT2D eigenvalue weighted by Gasteiger charge is 2.11. The van der Waals surface area contributed by atoms with Gasteiger partial charge in [0.1, 0.15) is 5.01 Å². The number of benzene rings is 1. The number of anilines is 2. The van der Waals surface area contributed by atoms with Crippen molar-refractivity contribution in [2.45, 2.75) is 19.8 Å². The van der Waals surface area contributed by atoms with Gasteiger partial charge < -0.3 is 5.32 Å². The van der Waals surface area contributed by atoms with E-state index in [1.54, 1.807) is 18.2 Å². The molecule has 0 atom stereocenters. The molecule has 0 saturated carbocycles. The van der Waals surface area contributed by atoms with Crippen molar-refractivity contribution in [2.24, 2.45) is 0 Å². The van der Waals surface area contributed by atoms with Crippen LogP contribution in [0.4, 0.5) is 15.6 Å². The maximum Gasteiger partial charge on any atom is 0.325 e. The van der Waals surface area contributed by atoms with Crippen molar-refractivity contribution in [1.82, 2.24) is 10.2 Å². The van der Waals surface area contributed by atoms with Crippen LogP contribution in [0.25, 0.3) is 0 Å². The second-order valence-electron chi connectivity index (χ2n) is 4.30. The van der Waals surface area contributed by atoms with Gasteiger partial charge in [-0.05, 0) is 18.2 Å². The molecule has 2 aromatic rings. The van der Waals surface area contributed by atoms with Gasteiger partial charge in [-0.3, -0.25) is 5.32 Å². The molecule has 0 aliphatic heterocycles. The average Bonchev–Trinajstić information content (AvgIpc) is 2.81. The molecule has 0 bridgehead atoms. The standard InChI is InChI=1S/C12H12Cl2N4OS/c1-6(2)10-17-18-12(20-10)16-11(19)15-9-4-3-7(13)5-8(9)14/h3-6H,1-2H3,(H2,15,16,18,19). The highest BCUT2D eigenvalue weighted by molar-refractivity contribution is 7.15. The van der Waals surface area contributed by atoms with Crippen LogP contribution in [0.2, 0.25) is 10.0 Å². The summed E-state index contributed by atoms with van der Waals surface area (Å²) in [5, 5.41) is 15.3. The van der Waals surface area contributed by atoms with E-state index in [-0.39, 0.29) is 5.92 Å². The molecule has 1 aromatic carbocycles. The zero-order valence-electron chi connectivity index (χ0n) is 10.8. The Hall–Kier alpha value is -1.37. The lowest BCUT2D eigenvalue weighted by atomic mass is 10.2. The van der Waals surface area contributed by atoms with Gasteiger partial charge in [-0.15, -0.1) is 10.2 Å². The Bertz CT molecular complexity index is 630. The molecule has 106 valence electrons. The molecule has 2 amide bonds. The molecule has 2 rings (SSSR count). The number of nitrogens with one attached hydrogen (secondary N) is 2. The van der Waals surface area contributed by atoms with Gasteiger partial charge in [0.05, 0.1) is 10.7 Å². The molecule has 2 N–H and O–H groups in total. The topological polar surface area (TPSA) is 66.9 Å². The largest absolute Gasteiger partial charge is 0.325 e. The first-order chi connectivity index (χ1) is 9.45. The fourth-order valence-electron chi connectivity index (χ4n) is 1.36. The molecule has 0 saturated heterocycles. The minimum atomic E-state index is -0.430. The SMILES string of the molecule is CC(C)c1nnc(NC(=O)Nc2ccc(Cl)cc2Cl)s1. The Morgan fingerprint density at radius 1 is 1.25 bits per heavy atom. The van der Waals surface area contributed by atoms with Crippen molar-refractivity contribution in [3.05, 3.63) is 33.3 Å². The van der Waals surface area contributed by atoms with Gasteiger partial charge >= 0.3 is 6.03 Å². The van der Waals surface area contributed by atoms with E-state index in [2.05, 4.69) is 20.8 Å². The Balaban J connectivity index is 2.01. The normalized spacial score (nSPS) is 10.7. The van der Waals surface area contributed by atoms with E-state index in [0.29, 0.717) is 20.9 Å². The van der Waals surface area contributed by atoms with Crippen molar-refractivity contribution in [2.75, 3.05) is 10.6 Å². The molecular weight excluding hydrogens is 319 g/mol. The van der Waals surface area contributed by atoms with E-state index < -0.39 is 6.03 Å². The second-order valence-corrected chi connectivity index (χ2v) is 6.16. The first kappa shape index (κ1) is 15.0. The van der Waals surface area contributed by atoms with Crippen molar-refractivity contribution in [3.63, 3.8) is 0 Å². The van der Waals surface area contributed by atoms with Gasteiger partial charge in [0.2, 0.25) is 5.13 Å². The first-order valence-electron chi connectivity index (χ1n) is 5.82. The van der Waals surface area contributed by atoms with Crippen LogP contribution in [-0.2, 0) is 0 Å². The Labute approximate surface area is 130 Å². The van der Waals surface area contributed by atoms with E-state index >= 15 is 0 Å². The third-order valence-electron chi connectivity index (χ3n) is 2.33. The predicted octanol–water partition coefficient (Wildman–Crippen LogP) is 4.61. The van der Waals surface area contributed by atoms with Crippen molar-refractivity contribution in [3.8, 4) is 0 Å². The van der Waals surface area contributed by atoms with Crippen molar-refractivity contribution >= 4 is 51.4 Å². The highest BCUT2D eigenvalue weighted by Crippen LogP contribution is 2.26. The molecule has 8 heteroatoms. The number of carbonyl (C=O) groups is 1. The van der Waals surface area contributed by atoms with Crippen LogP contribution in [0, 0.1) is 0 Å². The summed E-state index contributed by atoms with van der Waals surface area (Å²) in [7, 11) is 0. The molecule has 5 nitrogen and oxygen atoms in total. The van der Waals surface area contributed by atoms with Crippen LogP contribution in [0.3, 0.4) is 0 Å². The Morgan fingerprint density at radius 2 is 2.00 bits per heavy atom. The van der Waals surface area contributed by atoms with Crippen LogP contribution in [0.1, 0.15) is 24.8 Å². The van der Waals surface area contributed by atoms with E-state index in [1.807, 2.05) is 13.8 Å². The molecule has 0 aliphatic rings. The first-order valence-corrected chi connectivity index (χ1v) is 7.39. The number of nitrogens with zero attached hydrogens (tertiary/aromatic N) is 2. The van der Waals surface area contributed by atoms with Gasteiger partial charge in [-0.25, -0.2) is 4.79 Å². The molecule has 0 fully saturated rings. The minimum Gasteiger partial charge on any atom is -0.306 e. The molecular formula is C12H12Cl2N4OS. The fourth-order valence-corrected chi connectivity index (χ4v) is 2.56. The minimum absolute atomic E-state index is 0.275. The number of carbonyl (C=O) groups excluding carboxylic acids is 1. The quantitative estimate of drug-likeness (QED) is 0.863. The lowest BCUT2D eigenvalue weighted by molar-refractivity contribution is 0.262. The Kier molecular flexibility index (Phi) is 4.80. The van der Waals surface area contributed by atoms with Gasteiger partial charge in [0, 0.05) is 10.9 Å². The van der Waals surface area contributed by atoms with E-state index in [0.717, 1.165) is 5.01 Å². The number of halogens is 2. The summed E-state index contributed by atoms with van der Waals surface area (Å²) in [6, 6.07) is 4.40. The number of rotatable bonds is 3. The third kappa shape index (κ3) is 3.82. The van der Waals surface area contributed by atoms with E-state index in [1.165, 1.54) is 11.3 Å². The van der Waals surface area contributed by atoms with Crippen molar-refractivity contribution < 1.29 is 4.79 Å². The molecule has 0 unspecified atom stereocenters. The molecule has 0 radical (unpaired) electrons. The zero-order chi connectivity index (χ0) is 14.7.